The van der Waals surface area contributed by atoms with Crippen LogP contribution in [0.15, 0.2) is 65.7 Å². The molecule has 0 N–H and O–H groups in total. The molecule has 7 heteroatoms. The third kappa shape index (κ3) is 16.7. The van der Waals surface area contributed by atoms with Crippen LogP contribution in [0.25, 0.3) is 0 Å². The number of aliphatic imine (C=N–C) groups is 1. The number of para-hydroxylation sites is 2. The largest absolute Gasteiger partial charge is 1.00 e. The Morgan fingerprint density at radius 2 is 1.00 bits per heavy atom. The maximum atomic E-state index is 6.45. The Morgan fingerprint density at radius 3 is 1.37 bits per heavy atom. The molecule has 2 fully saturated rings. The molecule has 2 heterocycles. The van der Waals surface area contributed by atoms with E-state index in [0.29, 0.717) is 30.3 Å². The van der Waals surface area contributed by atoms with Crippen LogP contribution < -0.4 is 29.6 Å². The summed E-state index contributed by atoms with van der Waals surface area (Å²) >= 11 is 0. The normalized spacial score (nSPS) is 14.2. The van der Waals surface area contributed by atoms with Crippen LogP contribution in [0.2, 0.25) is 0 Å². The van der Waals surface area contributed by atoms with Gasteiger partial charge in [0.2, 0.25) is 0 Å². The third-order valence-electron chi connectivity index (χ3n) is 8.49. The van der Waals surface area contributed by atoms with E-state index >= 15 is 0 Å². The fourth-order valence-electron chi connectivity index (χ4n) is 5.74. The van der Waals surface area contributed by atoms with Gasteiger partial charge in [-0.1, -0.05) is 110 Å². The van der Waals surface area contributed by atoms with Crippen molar-refractivity contribution in [2.75, 3.05) is 26.4 Å². The Kier molecular flexibility index (Phi) is 25.8. The fourth-order valence-corrected chi connectivity index (χ4v) is 5.74. The Balaban J connectivity index is 0.00000129. The number of hydrogen-bond donors (Lipinski definition) is 0. The smallest absolute Gasteiger partial charge is 0.126 e. The molecule has 0 bridgehead atoms. The molecule has 0 aromatic heterocycles. The van der Waals surface area contributed by atoms with Gasteiger partial charge < -0.3 is 39.0 Å². The first kappa shape index (κ1) is 47.7. The minimum absolute atomic E-state index is 0. The summed E-state index contributed by atoms with van der Waals surface area (Å²) in [6, 6.07) is 21.6. The predicted molar refractivity (Wildman–Crippen MR) is 197 cm³/mol. The summed E-state index contributed by atoms with van der Waals surface area (Å²) in [6.45, 7) is 22.4. The van der Waals surface area contributed by atoms with E-state index in [1.165, 1.54) is 60.8 Å². The van der Waals surface area contributed by atoms with Crippen LogP contribution in [0.1, 0.15) is 151 Å². The Bertz CT molecular complexity index is 1250. The molecule has 2 saturated heterocycles. The van der Waals surface area contributed by atoms with Crippen LogP contribution in [-0.4, -0.2) is 32.6 Å². The van der Waals surface area contributed by atoms with Crippen molar-refractivity contribution in [1.82, 2.24) is 0 Å². The summed E-state index contributed by atoms with van der Waals surface area (Å²) in [5.74, 6) is 2.74. The van der Waals surface area contributed by atoms with Gasteiger partial charge in [0.1, 0.15) is 12.4 Å². The number of nitrogens with zero attached hydrogens (tertiary/aromatic N) is 1. The quantitative estimate of drug-likeness (QED) is 0.255. The molecule has 271 valence electrons. The van der Waals surface area contributed by atoms with Gasteiger partial charge >= 0.3 is 0 Å². The first-order valence-electron chi connectivity index (χ1n) is 17.9. The zero-order valence-electron chi connectivity index (χ0n) is 31.4. The van der Waals surface area contributed by atoms with Crippen LogP contribution in [-0.2, 0) is 48.8 Å². The average Bonchev–Trinajstić information content (AvgIpc) is 3.08. The Morgan fingerprint density at radius 1 is 0.592 bits per heavy atom. The summed E-state index contributed by atoms with van der Waals surface area (Å²) in [6.07, 6.45) is 9.86. The molecule has 3 aromatic carbocycles. The van der Waals surface area contributed by atoms with Crippen LogP contribution in [0.5, 0.6) is 5.75 Å². The van der Waals surface area contributed by atoms with Crippen molar-refractivity contribution in [2.24, 2.45) is 4.99 Å². The molecule has 5 rings (SSSR count). The first-order chi connectivity index (χ1) is 22.2. The molecule has 0 atom stereocenters. The number of ether oxygens (including phenoxy) is 3. The van der Waals surface area contributed by atoms with Gasteiger partial charge in [0.25, 0.3) is 0 Å². The minimum atomic E-state index is 0. The van der Waals surface area contributed by atoms with Crippen molar-refractivity contribution in [3.8, 4) is 5.75 Å². The van der Waals surface area contributed by atoms with Crippen molar-refractivity contribution in [2.45, 2.75) is 124 Å². The van der Waals surface area contributed by atoms with Crippen molar-refractivity contribution in [1.29, 1.82) is 0 Å². The molecular formula is C42H61Cl2NO3Y-2. The van der Waals surface area contributed by atoms with Crippen molar-refractivity contribution >= 4 is 11.9 Å². The molecular weight excluding hydrogens is 726 g/mol. The van der Waals surface area contributed by atoms with E-state index in [2.05, 4.69) is 116 Å². The molecule has 2 aliphatic heterocycles. The number of rotatable bonds is 9. The molecule has 1 radical (unpaired) electrons. The summed E-state index contributed by atoms with van der Waals surface area (Å²) in [4.78, 5) is 4.99. The zero-order chi connectivity index (χ0) is 33.3. The number of hydrogen-bond acceptors (Lipinski definition) is 4. The van der Waals surface area contributed by atoms with Crippen LogP contribution in [0, 0.1) is 0 Å². The average molecular weight is 788 g/mol. The van der Waals surface area contributed by atoms with Gasteiger partial charge in [0, 0.05) is 65.4 Å². The molecule has 3 aromatic rings. The van der Waals surface area contributed by atoms with Crippen LogP contribution in [0.4, 0.5) is 5.69 Å². The third-order valence-corrected chi connectivity index (χ3v) is 8.49. The second-order valence-electron chi connectivity index (χ2n) is 13.8. The standard InChI is InChI=1S/C32H41NO.2C5H10O.2ClH.Y/c1-21(2)27-14-10-15-28(22(3)4)31(27)33-19-25-12-9-13-26(18-25)20-34-32-29(23(5)6)16-11-17-30(32)24(7)8;2*1-2-4-6-5-3-1;;;/h9-19,21-24H,20H2,1-8H3;2*1-5H2;2*1H;/p-2. The monoisotopic (exact) mass is 786 g/mol. The maximum Gasteiger partial charge on any atom is 0.126 e. The molecule has 0 spiro atoms. The second kappa shape index (κ2) is 26.5. The molecule has 49 heavy (non-hydrogen) atoms. The van der Waals surface area contributed by atoms with E-state index in [0.717, 1.165) is 49.0 Å². The van der Waals surface area contributed by atoms with Gasteiger partial charge in [-0.2, -0.15) is 0 Å². The Labute approximate surface area is 336 Å². The van der Waals surface area contributed by atoms with Gasteiger partial charge in [-0.3, -0.25) is 4.99 Å². The minimum Gasteiger partial charge on any atom is -1.00 e. The molecule has 0 amide bonds. The predicted octanol–water partition coefficient (Wildman–Crippen LogP) is 5.89. The Hall–Kier alpha value is -1.27. The summed E-state index contributed by atoms with van der Waals surface area (Å²) in [5, 5.41) is 0. The first-order valence-corrected chi connectivity index (χ1v) is 17.9. The molecule has 0 unspecified atom stereocenters. The fraction of sp³-hybridized carbons (Fsp3) is 0.548. The van der Waals surface area contributed by atoms with E-state index in [1.807, 2.05) is 6.21 Å². The topological polar surface area (TPSA) is 40.0 Å². The molecule has 4 nitrogen and oxygen atoms in total. The zero-order valence-corrected chi connectivity index (χ0v) is 35.8. The van der Waals surface area contributed by atoms with Gasteiger partial charge in [0.05, 0.1) is 5.69 Å². The molecule has 2 aliphatic rings. The maximum absolute atomic E-state index is 6.45. The van der Waals surface area contributed by atoms with Crippen LogP contribution >= 0.6 is 0 Å². The van der Waals surface area contributed by atoms with Gasteiger partial charge in [-0.15, -0.1) is 0 Å². The second-order valence-corrected chi connectivity index (χ2v) is 13.8. The van der Waals surface area contributed by atoms with E-state index in [1.54, 1.807) is 0 Å². The molecule has 0 aliphatic carbocycles. The van der Waals surface area contributed by atoms with Gasteiger partial charge in [0.15, 0.2) is 0 Å². The van der Waals surface area contributed by atoms with Gasteiger partial charge in [-0.25, -0.2) is 0 Å². The summed E-state index contributed by atoms with van der Waals surface area (Å²) < 4.78 is 16.6. The van der Waals surface area contributed by atoms with Crippen molar-refractivity contribution < 1.29 is 71.7 Å². The van der Waals surface area contributed by atoms with Gasteiger partial charge in [-0.05, 0) is 102 Å². The molecule has 0 saturated carbocycles. The number of benzene rings is 3. The number of halogens is 2. The van der Waals surface area contributed by atoms with E-state index in [-0.39, 0.29) is 57.5 Å². The van der Waals surface area contributed by atoms with Crippen molar-refractivity contribution in [3.05, 3.63) is 94.0 Å². The summed E-state index contributed by atoms with van der Waals surface area (Å²) in [7, 11) is 0. The van der Waals surface area contributed by atoms with E-state index in [4.69, 9.17) is 19.2 Å². The summed E-state index contributed by atoms with van der Waals surface area (Å²) in [5.41, 5.74) is 8.50. The van der Waals surface area contributed by atoms with Crippen molar-refractivity contribution in [3.63, 3.8) is 0 Å². The van der Waals surface area contributed by atoms with Crippen LogP contribution in [0.3, 0.4) is 0 Å². The van der Waals surface area contributed by atoms with E-state index < -0.39 is 0 Å². The van der Waals surface area contributed by atoms with E-state index in [9.17, 15) is 0 Å². The SMILES string of the molecule is C1CCOCC1.C1CCOCC1.CC(C)c1cccc(C(C)C)c1N=Cc1cccc(COc2c(C(C)C)cccc2C(C)C)c1.[Cl-].[Cl-].[Y].